The second kappa shape index (κ2) is 8.23. The molecule has 0 aliphatic heterocycles. The zero-order valence-electron chi connectivity index (χ0n) is 12.0. The highest BCUT2D eigenvalue weighted by molar-refractivity contribution is 6.32. The molecule has 1 rings (SSSR count). The molecular weight excluding hydrogens is 264 g/mol. The van der Waals surface area contributed by atoms with Gasteiger partial charge in [-0.05, 0) is 50.6 Å². The molecule has 0 unspecified atom stereocenters. The fourth-order valence-corrected chi connectivity index (χ4v) is 2.24. The third-order valence-corrected chi connectivity index (χ3v) is 3.61. The van der Waals surface area contributed by atoms with Crippen LogP contribution in [0.1, 0.15) is 37.6 Å². The average molecular weight is 287 g/mol. The number of rotatable bonds is 8. The number of halogens is 1. The summed E-state index contributed by atoms with van der Waals surface area (Å²) in [5.41, 5.74) is 0.450. The van der Waals surface area contributed by atoms with Crippen LogP contribution in [-0.4, -0.2) is 48.4 Å². The van der Waals surface area contributed by atoms with Gasteiger partial charge in [0.15, 0.2) is 0 Å². The van der Waals surface area contributed by atoms with Crippen molar-refractivity contribution in [1.82, 2.24) is 9.80 Å². The van der Waals surface area contributed by atoms with Gasteiger partial charge in [0.1, 0.15) is 0 Å². The SMILES string of the molecule is CCN(CC)CCCN(CC)C(=O)c1ccoc1Cl. The molecule has 0 aromatic carbocycles. The van der Waals surface area contributed by atoms with Gasteiger partial charge in [-0.25, -0.2) is 0 Å². The van der Waals surface area contributed by atoms with E-state index in [2.05, 4.69) is 18.7 Å². The highest BCUT2D eigenvalue weighted by Gasteiger charge is 2.18. The first-order valence-electron chi connectivity index (χ1n) is 6.88. The Morgan fingerprint density at radius 2 is 1.89 bits per heavy atom. The number of carbonyl (C=O) groups is 1. The zero-order valence-corrected chi connectivity index (χ0v) is 12.7. The summed E-state index contributed by atoms with van der Waals surface area (Å²) in [7, 11) is 0. The van der Waals surface area contributed by atoms with E-state index in [1.54, 1.807) is 11.0 Å². The lowest BCUT2D eigenvalue weighted by Gasteiger charge is -2.23. The summed E-state index contributed by atoms with van der Waals surface area (Å²) in [6.45, 7) is 10.8. The summed E-state index contributed by atoms with van der Waals surface area (Å²) in [4.78, 5) is 16.4. The van der Waals surface area contributed by atoms with Crippen molar-refractivity contribution in [2.24, 2.45) is 0 Å². The smallest absolute Gasteiger partial charge is 0.258 e. The van der Waals surface area contributed by atoms with E-state index in [1.165, 1.54) is 6.26 Å². The molecule has 0 radical (unpaired) electrons. The number of furan rings is 1. The van der Waals surface area contributed by atoms with Gasteiger partial charge in [0, 0.05) is 13.1 Å². The predicted octanol–water partition coefficient (Wildman–Crippen LogP) is 3.13. The molecule has 19 heavy (non-hydrogen) atoms. The Labute approximate surface area is 120 Å². The van der Waals surface area contributed by atoms with Crippen LogP contribution in [0.3, 0.4) is 0 Å². The molecule has 108 valence electrons. The predicted molar refractivity (Wildman–Crippen MR) is 77.7 cm³/mol. The Balaban J connectivity index is 2.50. The van der Waals surface area contributed by atoms with Crippen molar-refractivity contribution in [2.75, 3.05) is 32.7 Å². The molecular formula is C14H23ClN2O2. The number of hydrogen-bond donors (Lipinski definition) is 0. The van der Waals surface area contributed by atoms with E-state index in [1.807, 2.05) is 6.92 Å². The summed E-state index contributed by atoms with van der Waals surface area (Å²) in [6.07, 6.45) is 2.41. The van der Waals surface area contributed by atoms with E-state index in [-0.39, 0.29) is 11.1 Å². The van der Waals surface area contributed by atoms with Crippen molar-refractivity contribution >= 4 is 17.5 Å². The van der Waals surface area contributed by atoms with Gasteiger partial charge in [-0.1, -0.05) is 13.8 Å². The number of carbonyl (C=O) groups excluding carboxylic acids is 1. The maximum absolute atomic E-state index is 12.2. The van der Waals surface area contributed by atoms with E-state index in [0.29, 0.717) is 12.1 Å². The Hall–Kier alpha value is -1.00. The summed E-state index contributed by atoms with van der Waals surface area (Å²) < 4.78 is 4.97. The first-order chi connectivity index (χ1) is 9.13. The van der Waals surface area contributed by atoms with Crippen molar-refractivity contribution in [2.45, 2.75) is 27.2 Å². The highest BCUT2D eigenvalue weighted by Crippen LogP contribution is 2.18. The topological polar surface area (TPSA) is 36.7 Å². The van der Waals surface area contributed by atoms with Crippen LogP contribution in [-0.2, 0) is 0 Å². The minimum Gasteiger partial charge on any atom is -0.452 e. The molecule has 0 saturated carbocycles. The maximum Gasteiger partial charge on any atom is 0.258 e. The highest BCUT2D eigenvalue weighted by atomic mass is 35.5. The van der Waals surface area contributed by atoms with Gasteiger partial charge in [-0.15, -0.1) is 0 Å². The van der Waals surface area contributed by atoms with Crippen molar-refractivity contribution < 1.29 is 9.21 Å². The molecule has 0 N–H and O–H groups in total. The van der Waals surface area contributed by atoms with Crippen molar-refractivity contribution in [3.63, 3.8) is 0 Å². The Morgan fingerprint density at radius 1 is 1.21 bits per heavy atom. The molecule has 0 atom stereocenters. The van der Waals surface area contributed by atoms with E-state index in [0.717, 1.165) is 32.6 Å². The largest absolute Gasteiger partial charge is 0.452 e. The Kier molecular flexibility index (Phi) is 6.95. The van der Waals surface area contributed by atoms with Crippen LogP contribution >= 0.6 is 11.6 Å². The summed E-state index contributed by atoms with van der Waals surface area (Å²) in [5.74, 6) is -0.0548. The van der Waals surface area contributed by atoms with Crippen molar-refractivity contribution in [1.29, 1.82) is 0 Å². The number of hydrogen-bond acceptors (Lipinski definition) is 3. The first-order valence-corrected chi connectivity index (χ1v) is 7.26. The average Bonchev–Trinajstić information content (AvgIpc) is 2.85. The fraction of sp³-hybridized carbons (Fsp3) is 0.643. The monoisotopic (exact) mass is 286 g/mol. The molecule has 0 aliphatic rings. The van der Waals surface area contributed by atoms with Crippen LogP contribution in [0, 0.1) is 0 Å². The molecule has 4 nitrogen and oxygen atoms in total. The van der Waals surface area contributed by atoms with Gasteiger partial charge in [-0.3, -0.25) is 4.79 Å². The quantitative estimate of drug-likeness (QED) is 0.737. The summed E-state index contributed by atoms with van der Waals surface area (Å²) >= 11 is 5.84. The molecule has 0 spiro atoms. The lowest BCUT2D eigenvalue weighted by Crippen LogP contribution is -2.34. The summed E-state index contributed by atoms with van der Waals surface area (Å²) in [5, 5.41) is 0.173. The molecule has 5 heteroatoms. The minimum atomic E-state index is -0.0548. The molecule has 1 amide bonds. The van der Waals surface area contributed by atoms with Gasteiger partial charge in [-0.2, -0.15) is 0 Å². The summed E-state index contributed by atoms with van der Waals surface area (Å²) in [6, 6.07) is 1.62. The van der Waals surface area contributed by atoms with Crippen LogP contribution in [0.2, 0.25) is 5.22 Å². The Bertz CT molecular complexity index is 389. The molecule has 1 aromatic heterocycles. The van der Waals surface area contributed by atoms with Gasteiger partial charge in [0.05, 0.1) is 11.8 Å². The van der Waals surface area contributed by atoms with E-state index in [4.69, 9.17) is 16.0 Å². The van der Waals surface area contributed by atoms with Crippen LogP contribution in [0.4, 0.5) is 0 Å². The van der Waals surface area contributed by atoms with Gasteiger partial charge < -0.3 is 14.2 Å². The van der Waals surface area contributed by atoms with E-state index >= 15 is 0 Å². The second-order valence-corrected chi connectivity index (χ2v) is 4.72. The van der Waals surface area contributed by atoms with Crippen LogP contribution in [0.5, 0.6) is 0 Å². The van der Waals surface area contributed by atoms with E-state index in [9.17, 15) is 4.79 Å². The lowest BCUT2D eigenvalue weighted by atomic mass is 10.2. The maximum atomic E-state index is 12.2. The third kappa shape index (κ3) is 4.55. The number of amides is 1. The first kappa shape index (κ1) is 16.1. The fourth-order valence-electron chi connectivity index (χ4n) is 2.04. The van der Waals surface area contributed by atoms with Crippen molar-refractivity contribution in [3.8, 4) is 0 Å². The molecule has 1 heterocycles. The molecule has 0 bridgehead atoms. The van der Waals surface area contributed by atoms with Gasteiger partial charge in [0.25, 0.3) is 5.91 Å². The van der Waals surface area contributed by atoms with E-state index < -0.39 is 0 Å². The van der Waals surface area contributed by atoms with Crippen molar-refractivity contribution in [3.05, 3.63) is 23.1 Å². The standard InChI is InChI=1S/C14H23ClN2O2/c1-4-16(5-2)9-7-10-17(6-3)14(18)12-8-11-19-13(12)15/h8,11H,4-7,9-10H2,1-3H3. The van der Waals surface area contributed by atoms with Crippen LogP contribution < -0.4 is 0 Å². The van der Waals surface area contributed by atoms with Crippen LogP contribution in [0.25, 0.3) is 0 Å². The Morgan fingerprint density at radius 3 is 2.37 bits per heavy atom. The molecule has 0 fully saturated rings. The second-order valence-electron chi connectivity index (χ2n) is 4.37. The van der Waals surface area contributed by atoms with Gasteiger partial charge >= 0.3 is 0 Å². The molecule has 0 saturated heterocycles. The van der Waals surface area contributed by atoms with Crippen LogP contribution in [0.15, 0.2) is 16.7 Å². The molecule has 1 aromatic rings. The number of nitrogens with zero attached hydrogens (tertiary/aromatic N) is 2. The zero-order chi connectivity index (χ0) is 14.3. The molecule has 0 aliphatic carbocycles. The lowest BCUT2D eigenvalue weighted by molar-refractivity contribution is 0.0757. The van der Waals surface area contributed by atoms with Gasteiger partial charge in [0.2, 0.25) is 5.22 Å². The third-order valence-electron chi connectivity index (χ3n) is 3.31. The minimum absolute atomic E-state index is 0.0548. The normalized spacial score (nSPS) is 11.0.